The third kappa shape index (κ3) is 3.94. The maximum atomic E-state index is 10.4. The first-order chi connectivity index (χ1) is 5.59. The molecule has 1 rings (SSSR count). The normalized spacial score (nSPS) is 9.08. The summed E-state index contributed by atoms with van der Waals surface area (Å²) in [6.45, 7) is 3.89. The van der Waals surface area contributed by atoms with Crippen LogP contribution in [0.5, 0.6) is 0 Å². The van der Waals surface area contributed by atoms with Crippen LogP contribution in [0.3, 0.4) is 0 Å². The Hall–Kier alpha value is -0.310. The fourth-order valence-corrected chi connectivity index (χ4v) is 1.15. The summed E-state index contributed by atoms with van der Waals surface area (Å²) in [5.74, 6) is -0.774. The van der Waals surface area contributed by atoms with Crippen LogP contribution in [0.15, 0.2) is 18.2 Å². The second kappa shape index (κ2) is 5.43. The Morgan fingerprint density at radius 2 is 2.00 bits per heavy atom. The van der Waals surface area contributed by atoms with Crippen molar-refractivity contribution in [1.82, 2.24) is 0 Å². The number of benzene rings is 1. The number of hydrogen-bond acceptors (Lipinski definition) is 1. The molecule has 1 N–H and O–H groups in total. The van der Waals surface area contributed by atoms with Gasteiger partial charge in [-0.05, 0) is 25.0 Å². The zero-order valence-electron chi connectivity index (χ0n) is 7.29. The van der Waals surface area contributed by atoms with E-state index in [1.165, 1.54) is 0 Å². The van der Waals surface area contributed by atoms with Gasteiger partial charge in [-0.1, -0.05) is 23.8 Å². The monoisotopic (exact) mass is 188 g/mol. The summed E-state index contributed by atoms with van der Waals surface area (Å²) in [5, 5.41) is 8.58. The van der Waals surface area contributed by atoms with Gasteiger partial charge in [-0.2, -0.15) is 0 Å². The number of carboxylic acid groups (broad SMARTS) is 1. The van der Waals surface area contributed by atoms with E-state index in [2.05, 4.69) is 0 Å². The molecule has 0 bridgehead atoms. The predicted octanol–water partition coefficient (Wildman–Crippen LogP) is 1.28. The van der Waals surface area contributed by atoms with Gasteiger partial charge in [0.1, 0.15) is 0 Å². The molecule has 0 aromatic heterocycles. The first-order valence-corrected chi connectivity index (χ1v) is 3.87. The minimum absolute atomic E-state index is 0. The molecule has 0 radical (unpaired) electrons. The summed E-state index contributed by atoms with van der Waals surface area (Å²) in [4.78, 5) is 10.4. The summed E-state index contributed by atoms with van der Waals surface area (Å²) in [7, 11) is 0. The molecule has 1 aromatic carbocycles. The van der Waals surface area contributed by atoms with Gasteiger partial charge in [0, 0.05) is 0 Å². The van der Waals surface area contributed by atoms with Crippen molar-refractivity contribution in [3.8, 4) is 0 Å². The van der Waals surface area contributed by atoms with Crippen molar-refractivity contribution < 1.29 is 9.90 Å². The third-order valence-electron chi connectivity index (χ3n) is 1.85. The van der Waals surface area contributed by atoms with Gasteiger partial charge in [-0.15, -0.1) is 0 Å². The summed E-state index contributed by atoms with van der Waals surface area (Å²) < 4.78 is 0. The number of rotatable bonds is 2. The molecule has 0 aliphatic carbocycles. The van der Waals surface area contributed by atoms with E-state index in [4.69, 9.17) is 5.11 Å². The molecule has 13 heavy (non-hydrogen) atoms. The van der Waals surface area contributed by atoms with E-state index in [9.17, 15) is 4.79 Å². The quantitative estimate of drug-likeness (QED) is 0.710. The Morgan fingerprint density at radius 1 is 1.38 bits per heavy atom. The average molecular weight is 188 g/mol. The molecule has 0 unspecified atom stereocenters. The zero-order valence-corrected chi connectivity index (χ0v) is 7.29. The van der Waals surface area contributed by atoms with E-state index in [-0.39, 0.29) is 36.0 Å². The molecule has 0 atom stereocenters. The number of aryl methyl sites for hydroxylation is 2. The van der Waals surface area contributed by atoms with Crippen LogP contribution in [0.25, 0.3) is 0 Å². The van der Waals surface area contributed by atoms with Gasteiger partial charge < -0.3 is 5.11 Å². The van der Waals surface area contributed by atoms with Crippen LogP contribution < -0.4 is 0 Å². The number of hydrogen-bond donors (Lipinski definition) is 1. The van der Waals surface area contributed by atoms with E-state index in [0.717, 1.165) is 16.7 Å². The van der Waals surface area contributed by atoms with E-state index < -0.39 is 5.97 Å². The summed E-state index contributed by atoms with van der Waals surface area (Å²) in [5.41, 5.74) is 3.06. The SMILES string of the molecule is Cc1ccc(C)c(CC(=O)O)c1.[NaH]. The van der Waals surface area contributed by atoms with Gasteiger partial charge in [0.2, 0.25) is 0 Å². The van der Waals surface area contributed by atoms with Crippen molar-refractivity contribution in [2.75, 3.05) is 0 Å². The van der Waals surface area contributed by atoms with Crippen molar-refractivity contribution in [2.45, 2.75) is 20.3 Å². The van der Waals surface area contributed by atoms with E-state index in [1.54, 1.807) is 0 Å². The van der Waals surface area contributed by atoms with Crippen LogP contribution in [-0.4, -0.2) is 40.6 Å². The Kier molecular flexibility index (Phi) is 5.30. The van der Waals surface area contributed by atoms with Crippen molar-refractivity contribution in [3.05, 3.63) is 34.9 Å². The fourth-order valence-electron chi connectivity index (χ4n) is 1.15. The van der Waals surface area contributed by atoms with Crippen molar-refractivity contribution >= 4 is 35.5 Å². The first-order valence-electron chi connectivity index (χ1n) is 3.87. The topological polar surface area (TPSA) is 37.3 Å². The summed E-state index contributed by atoms with van der Waals surface area (Å²) >= 11 is 0. The maximum absolute atomic E-state index is 10.4. The second-order valence-electron chi connectivity index (χ2n) is 3.00. The molecular weight excluding hydrogens is 175 g/mol. The van der Waals surface area contributed by atoms with Gasteiger partial charge in [-0.25, -0.2) is 0 Å². The predicted molar refractivity (Wildman–Crippen MR) is 54.4 cm³/mol. The Labute approximate surface area is 100 Å². The Balaban J connectivity index is 0.00000144. The molecular formula is C10H13NaO2. The van der Waals surface area contributed by atoms with E-state index in [1.807, 2.05) is 32.0 Å². The molecule has 0 aliphatic heterocycles. The minimum atomic E-state index is -0.774. The van der Waals surface area contributed by atoms with Gasteiger partial charge in [-0.3, -0.25) is 4.79 Å². The number of carboxylic acids is 1. The van der Waals surface area contributed by atoms with Crippen LogP contribution in [0.2, 0.25) is 0 Å². The van der Waals surface area contributed by atoms with Gasteiger partial charge in [0.25, 0.3) is 0 Å². The van der Waals surface area contributed by atoms with Crippen LogP contribution in [0.1, 0.15) is 16.7 Å². The van der Waals surface area contributed by atoms with E-state index in [0.29, 0.717) is 0 Å². The molecule has 0 saturated heterocycles. The summed E-state index contributed by atoms with van der Waals surface area (Å²) in [6, 6.07) is 5.86. The van der Waals surface area contributed by atoms with Crippen LogP contribution in [0.4, 0.5) is 0 Å². The van der Waals surface area contributed by atoms with Crippen LogP contribution in [0, 0.1) is 13.8 Å². The second-order valence-corrected chi connectivity index (χ2v) is 3.00. The molecule has 0 fully saturated rings. The van der Waals surface area contributed by atoms with Gasteiger partial charge >= 0.3 is 35.5 Å². The molecule has 0 amide bonds. The summed E-state index contributed by atoms with van der Waals surface area (Å²) in [6.07, 6.45) is 0.119. The molecule has 0 spiro atoms. The third-order valence-corrected chi connectivity index (χ3v) is 1.85. The fraction of sp³-hybridized carbons (Fsp3) is 0.300. The van der Waals surface area contributed by atoms with Crippen LogP contribution >= 0.6 is 0 Å². The first kappa shape index (κ1) is 12.7. The van der Waals surface area contributed by atoms with Gasteiger partial charge in [0.15, 0.2) is 0 Å². The Bertz CT molecular complexity index is 308. The molecule has 2 nitrogen and oxygen atoms in total. The average Bonchev–Trinajstić information content (AvgIpc) is 1.96. The molecule has 66 valence electrons. The molecule has 3 heteroatoms. The standard InChI is InChI=1S/C10H12O2.Na.H/c1-7-3-4-8(2)9(5-7)6-10(11)12;;/h3-5H,6H2,1-2H3,(H,11,12);;. The number of aliphatic carboxylic acids is 1. The van der Waals surface area contributed by atoms with Crippen LogP contribution in [-0.2, 0) is 11.2 Å². The number of carbonyl (C=O) groups is 1. The zero-order chi connectivity index (χ0) is 9.14. The van der Waals surface area contributed by atoms with Crippen molar-refractivity contribution in [3.63, 3.8) is 0 Å². The van der Waals surface area contributed by atoms with Crippen molar-refractivity contribution in [1.29, 1.82) is 0 Å². The Morgan fingerprint density at radius 3 is 2.54 bits per heavy atom. The van der Waals surface area contributed by atoms with Gasteiger partial charge in [0.05, 0.1) is 6.42 Å². The molecule has 0 saturated carbocycles. The van der Waals surface area contributed by atoms with Crippen molar-refractivity contribution in [2.24, 2.45) is 0 Å². The molecule has 0 aliphatic rings. The van der Waals surface area contributed by atoms with E-state index >= 15 is 0 Å². The molecule has 0 heterocycles. The molecule has 1 aromatic rings.